The number of aromatic carboxylic acids is 1. The van der Waals surface area contributed by atoms with Gasteiger partial charge in [-0.1, -0.05) is 13.3 Å². The van der Waals surface area contributed by atoms with Crippen molar-refractivity contribution in [1.82, 2.24) is 9.78 Å². The second-order valence-corrected chi connectivity index (χ2v) is 4.54. The first-order valence-electron chi connectivity index (χ1n) is 6.62. The number of aromatic nitrogens is 2. The number of benzene rings is 1. The van der Waals surface area contributed by atoms with E-state index in [1.807, 2.05) is 24.3 Å². The van der Waals surface area contributed by atoms with Gasteiger partial charge in [-0.3, -0.25) is 0 Å². The maximum absolute atomic E-state index is 11.1. The molecule has 2 aromatic rings. The number of nitrogens with zero attached hydrogens (tertiary/aromatic N) is 2. The molecule has 1 aromatic carbocycles. The van der Waals surface area contributed by atoms with E-state index in [0.29, 0.717) is 0 Å². The molecular weight excluding hydrogens is 256 g/mol. The van der Waals surface area contributed by atoms with E-state index in [1.165, 1.54) is 0 Å². The molecule has 0 aliphatic rings. The van der Waals surface area contributed by atoms with Gasteiger partial charge in [0.25, 0.3) is 0 Å². The van der Waals surface area contributed by atoms with Crippen LogP contribution in [0.4, 0.5) is 0 Å². The number of ether oxygens (including phenoxy) is 1. The van der Waals surface area contributed by atoms with Crippen molar-refractivity contribution >= 4 is 5.97 Å². The quantitative estimate of drug-likeness (QED) is 0.879. The van der Waals surface area contributed by atoms with Crippen LogP contribution in [0.2, 0.25) is 0 Å². The molecule has 0 saturated carbocycles. The predicted octanol–water partition coefficient (Wildman–Crippen LogP) is 2.92. The maximum atomic E-state index is 11.1. The molecule has 5 nitrogen and oxygen atoms in total. The van der Waals surface area contributed by atoms with Crippen LogP contribution in [0.3, 0.4) is 0 Å². The van der Waals surface area contributed by atoms with Gasteiger partial charge in [0.1, 0.15) is 5.75 Å². The molecule has 0 unspecified atom stereocenters. The first-order chi connectivity index (χ1) is 9.65. The summed E-state index contributed by atoms with van der Waals surface area (Å²) in [5, 5.41) is 13.2. The van der Waals surface area contributed by atoms with E-state index in [4.69, 9.17) is 9.84 Å². The number of carbonyl (C=O) groups is 1. The summed E-state index contributed by atoms with van der Waals surface area (Å²) in [6.45, 7) is 2.10. The van der Waals surface area contributed by atoms with Crippen molar-refractivity contribution in [2.75, 3.05) is 7.11 Å². The molecule has 0 aliphatic carbocycles. The summed E-state index contributed by atoms with van der Waals surface area (Å²) in [6, 6.07) is 9.05. The number of carboxylic acids is 1. The third kappa shape index (κ3) is 2.99. The molecule has 106 valence electrons. The van der Waals surface area contributed by atoms with Crippen LogP contribution in [0.1, 0.15) is 35.9 Å². The molecule has 5 heteroatoms. The van der Waals surface area contributed by atoms with Gasteiger partial charge in [0.05, 0.1) is 12.8 Å². The van der Waals surface area contributed by atoms with E-state index in [2.05, 4.69) is 12.0 Å². The first-order valence-corrected chi connectivity index (χ1v) is 6.62. The Hall–Kier alpha value is -2.30. The summed E-state index contributed by atoms with van der Waals surface area (Å²) in [6.07, 6.45) is 2.86. The van der Waals surface area contributed by atoms with Crippen LogP contribution in [0, 0.1) is 0 Å². The number of carboxylic acid groups (broad SMARTS) is 1. The van der Waals surface area contributed by atoms with Gasteiger partial charge in [-0.25, -0.2) is 9.48 Å². The molecular formula is C15H18N2O3. The molecule has 1 aromatic heterocycles. The molecule has 1 N–H and O–H groups in total. The van der Waals surface area contributed by atoms with E-state index in [1.54, 1.807) is 17.9 Å². The normalized spacial score (nSPS) is 10.5. The molecule has 0 bridgehead atoms. The Kier molecular flexibility index (Phi) is 4.40. The summed E-state index contributed by atoms with van der Waals surface area (Å²) in [4.78, 5) is 11.1. The van der Waals surface area contributed by atoms with Gasteiger partial charge in [-0.15, -0.1) is 0 Å². The van der Waals surface area contributed by atoms with Crippen LogP contribution in [0.15, 0.2) is 30.3 Å². The van der Waals surface area contributed by atoms with Gasteiger partial charge in [0.2, 0.25) is 0 Å². The summed E-state index contributed by atoms with van der Waals surface area (Å²) >= 11 is 0. The van der Waals surface area contributed by atoms with Crippen molar-refractivity contribution in [3.05, 3.63) is 41.7 Å². The van der Waals surface area contributed by atoms with E-state index in [0.717, 1.165) is 36.4 Å². The summed E-state index contributed by atoms with van der Waals surface area (Å²) in [5.41, 5.74) is 1.82. The number of methoxy groups -OCH3 is 1. The van der Waals surface area contributed by atoms with Crippen LogP contribution in [0.25, 0.3) is 5.69 Å². The molecule has 0 spiro atoms. The SMILES string of the molecule is CCCCc1cc(C(=O)O)nn1-c1ccc(OC)cc1. The molecule has 0 aliphatic heterocycles. The molecule has 1 heterocycles. The zero-order chi connectivity index (χ0) is 14.5. The standard InChI is InChI=1S/C15H18N2O3/c1-3-4-5-12-10-14(15(18)19)16-17(12)11-6-8-13(20-2)9-7-11/h6-10H,3-5H2,1-2H3,(H,18,19). The van der Waals surface area contributed by atoms with Crippen LogP contribution >= 0.6 is 0 Å². The van der Waals surface area contributed by atoms with Gasteiger partial charge in [0.15, 0.2) is 5.69 Å². The molecule has 0 saturated heterocycles. The largest absolute Gasteiger partial charge is 0.497 e. The fraction of sp³-hybridized carbons (Fsp3) is 0.333. The van der Waals surface area contributed by atoms with Crippen LogP contribution in [-0.4, -0.2) is 28.0 Å². The second kappa shape index (κ2) is 6.23. The smallest absolute Gasteiger partial charge is 0.356 e. The van der Waals surface area contributed by atoms with E-state index < -0.39 is 5.97 Å². The van der Waals surface area contributed by atoms with Crippen molar-refractivity contribution in [1.29, 1.82) is 0 Å². The number of rotatable bonds is 6. The fourth-order valence-corrected chi connectivity index (χ4v) is 2.01. The molecule has 0 fully saturated rings. The number of hydrogen-bond acceptors (Lipinski definition) is 3. The Morgan fingerprint density at radius 1 is 1.35 bits per heavy atom. The Labute approximate surface area is 117 Å². The molecule has 0 radical (unpaired) electrons. The molecule has 2 rings (SSSR count). The van der Waals surface area contributed by atoms with Crippen molar-refractivity contribution in [2.24, 2.45) is 0 Å². The highest BCUT2D eigenvalue weighted by atomic mass is 16.5. The lowest BCUT2D eigenvalue weighted by atomic mass is 10.2. The van der Waals surface area contributed by atoms with Crippen molar-refractivity contribution < 1.29 is 14.6 Å². The third-order valence-corrected chi connectivity index (χ3v) is 3.11. The van der Waals surface area contributed by atoms with Crippen molar-refractivity contribution in [3.63, 3.8) is 0 Å². The van der Waals surface area contributed by atoms with Gasteiger partial charge in [0, 0.05) is 5.69 Å². The van der Waals surface area contributed by atoms with Crippen LogP contribution in [-0.2, 0) is 6.42 Å². The monoisotopic (exact) mass is 274 g/mol. The number of unbranched alkanes of at least 4 members (excludes halogenated alkanes) is 1. The lowest BCUT2D eigenvalue weighted by molar-refractivity contribution is 0.0690. The highest BCUT2D eigenvalue weighted by Crippen LogP contribution is 2.18. The summed E-state index contributed by atoms with van der Waals surface area (Å²) < 4.78 is 6.81. The Balaban J connectivity index is 2.38. The Morgan fingerprint density at radius 3 is 2.60 bits per heavy atom. The van der Waals surface area contributed by atoms with E-state index >= 15 is 0 Å². The summed E-state index contributed by atoms with van der Waals surface area (Å²) in [7, 11) is 1.61. The molecule has 20 heavy (non-hydrogen) atoms. The minimum absolute atomic E-state index is 0.0759. The van der Waals surface area contributed by atoms with Crippen LogP contribution < -0.4 is 4.74 Å². The van der Waals surface area contributed by atoms with E-state index in [-0.39, 0.29) is 5.69 Å². The highest BCUT2D eigenvalue weighted by Gasteiger charge is 2.14. The zero-order valence-electron chi connectivity index (χ0n) is 11.7. The van der Waals surface area contributed by atoms with Crippen molar-refractivity contribution in [2.45, 2.75) is 26.2 Å². The summed E-state index contributed by atoms with van der Waals surface area (Å²) in [5.74, 6) is -0.246. The third-order valence-electron chi connectivity index (χ3n) is 3.11. The topological polar surface area (TPSA) is 64.3 Å². The zero-order valence-corrected chi connectivity index (χ0v) is 11.7. The van der Waals surface area contributed by atoms with Crippen molar-refractivity contribution in [3.8, 4) is 11.4 Å². The van der Waals surface area contributed by atoms with Gasteiger partial charge < -0.3 is 9.84 Å². The van der Waals surface area contributed by atoms with Gasteiger partial charge in [-0.05, 0) is 43.2 Å². The fourth-order valence-electron chi connectivity index (χ4n) is 2.01. The second-order valence-electron chi connectivity index (χ2n) is 4.54. The highest BCUT2D eigenvalue weighted by molar-refractivity contribution is 5.85. The molecule has 0 atom stereocenters. The predicted molar refractivity (Wildman–Crippen MR) is 75.7 cm³/mol. The van der Waals surface area contributed by atoms with E-state index in [9.17, 15) is 4.79 Å². The minimum Gasteiger partial charge on any atom is -0.497 e. The molecule has 0 amide bonds. The lowest BCUT2D eigenvalue weighted by Gasteiger charge is -2.07. The number of aryl methyl sites for hydroxylation is 1. The Bertz CT molecular complexity index is 588. The van der Waals surface area contributed by atoms with Gasteiger partial charge >= 0.3 is 5.97 Å². The lowest BCUT2D eigenvalue weighted by Crippen LogP contribution is -2.04. The number of hydrogen-bond donors (Lipinski definition) is 1. The average molecular weight is 274 g/mol. The van der Waals surface area contributed by atoms with Crippen LogP contribution in [0.5, 0.6) is 5.75 Å². The Morgan fingerprint density at radius 2 is 2.05 bits per heavy atom. The van der Waals surface area contributed by atoms with Gasteiger partial charge in [-0.2, -0.15) is 5.10 Å². The minimum atomic E-state index is -1.00. The average Bonchev–Trinajstić information content (AvgIpc) is 2.89. The first kappa shape index (κ1) is 14.1. The maximum Gasteiger partial charge on any atom is 0.356 e.